The summed E-state index contributed by atoms with van der Waals surface area (Å²) in [7, 11) is 0. The third-order valence-corrected chi connectivity index (χ3v) is 15.1. The molecule has 0 radical (unpaired) electrons. The lowest BCUT2D eigenvalue weighted by Crippen LogP contribution is -2.27. The van der Waals surface area contributed by atoms with Crippen LogP contribution in [0.3, 0.4) is 0 Å². The fourth-order valence-electron chi connectivity index (χ4n) is 10.9. The lowest BCUT2D eigenvalue weighted by molar-refractivity contribution is 0.700. The van der Waals surface area contributed by atoms with E-state index in [9.17, 15) is 0 Å². The van der Waals surface area contributed by atoms with Crippen molar-refractivity contribution in [1.29, 1.82) is 0 Å². The average molecular weight is 832 g/mol. The SMILES string of the molecule is CC1(c2ccccc2-c2ccc(-c3ccc4sc5ccc(-c6ccc7c(c6)c6ccccc6n7-c6ccccc6)cc5c4c3)cc2)c2ccccc2-c2ccccc2-c2ccccc21. The van der Waals surface area contributed by atoms with E-state index in [4.69, 9.17) is 0 Å². The van der Waals surface area contributed by atoms with Gasteiger partial charge in [-0.2, -0.15) is 0 Å². The molecule has 2 heteroatoms. The van der Waals surface area contributed by atoms with Crippen LogP contribution in [0, 0.1) is 0 Å². The minimum absolute atomic E-state index is 0.405. The minimum Gasteiger partial charge on any atom is -0.309 e. The van der Waals surface area contributed by atoms with Crippen molar-refractivity contribution < 1.29 is 0 Å². The number of hydrogen-bond donors (Lipinski definition) is 0. The largest absolute Gasteiger partial charge is 0.309 e. The van der Waals surface area contributed by atoms with Crippen LogP contribution in [0.25, 0.3) is 103 Å². The maximum absolute atomic E-state index is 2.43. The van der Waals surface area contributed by atoms with Crippen molar-refractivity contribution >= 4 is 53.3 Å². The maximum Gasteiger partial charge on any atom is 0.0541 e. The van der Waals surface area contributed by atoms with Gasteiger partial charge in [0.1, 0.15) is 0 Å². The molecule has 0 saturated heterocycles. The summed E-state index contributed by atoms with van der Waals surface area (Å²) in [5, 5.41) is 5.14. The summed E-state index contributed by atoms with van der Waals surface area (Å²) in [6, 6.07) is 85.6. The lowest BCUT2D eigenvalue weighted by Gasteiger charge is -2.35. The van der Waals surface area contributed by atoms with E-state index in [0.29, 0.717) is 0 Å². The number of thiophene rings is 1. The van der Waals surface area contributed by atoms with Crippen molar-refractivity contribution in [2.75, 3.05) is 0 Å². The molecule has 1 aliphatic carbocycles. The fraction of sp³-hybridized carbons (Fsp3) is 0.0323. The number of aromatic nitrogens is 1. The molecule has 10 aromatic carbocycles. The van der Waals surface area contributed by atoms with Crippen LogP contribution in [0.15, 0.2) is 231 Å². The van der Waals surface area contributed by atoms with Crippen molar-refractivity contribution in [2.24, 2.45) is 0 Å². The Bertz CT molecular complexity index is 3720. The van der Waals surface area contributed by atoms with Crippen LogP contribution < -0.4 is 0 Å². The molecule has 1 nitrogen and oxygen atoms in total. The second-order valence-corrected chi connectivity index (χ2v) is 18.4. The Morgan fingerprint density at radius 2 is 0.734 bits per heavy atom. The Morgan fingerprint density at radius 1 is 0.312 bits per heavy atom. The molecule has 0 aliphatic heterocycles. The molecule has 0 atom stereocenters. The summed E-state index contributed by atoms with van der Waals surface area (Å²) < 4.78 is 5.00. The topological polar surface area (TPSA) is 4.93 Å². The smallest absolute Gasteiger partial charge is 0.0541 e. The van der Waals surface area contributed by atoms with E-state index in [2.05, 4.69) is 242 Å². The van der Waals surface area contributed by atoms with E-state index < -0.39 is 5.41 Å². The summed E-state index contributed by atoms with van der Waals surface area (Å²) in [5.74, 6) is 0. The molecule has 0 amide bonds. The van der Waals surface area contributed by atoms with Gasteiger partial charge in [-0.05, 0) is 134 Å². The number of benzene rings is 10. The van der Waals surface area contributed by atoms with Gasteiger partial charge in [0.25, 0.3) is 0 Å². The molecular formula is C62H41NS. The molecule has 1 aliphatic rings. The van der Waals surface area contributed by atoms with Gasteiger partial charge in [0, 0.05) is 42.0 Å². The highest BCUT2D eigenvalue weighted by molar-refractivity contribution is 7.25. The van der Waals surface area contributed by atoms with E-state index in [-0.39, 0.29) is 0 Å². The molecule has 0 saturated carbocycles. The highest BCUT2D eigenvalue weighted by Gasteiger charge is 2.39. The van der Waals surface area contributed by atoms with Crippen molar-refractivity contribution in [1.82, 2.24) is 4.57 Å². The summed E-state index contributed by atoms with van der Waals surface area (Å²) in [6.07, 6.45) is 0. The van der Waals surface area contributed by atoms with Gasteiger partial charge >= 0.3 is 0 Å². The zero-order valence-electron chi connectivity index (χ0n) is 35.3. The lowest BCUT2D eigenvalue weighted by atomic mass is 9.67. The predicted octanol–water partition coefficient (Wildman–Crippen LogP) is 17.2. The molecule has 0 unspecified atom stereocenters. The Hall–Kier alpha value is -7.78. The first-order chi connectivity index (χ1) is 31.6. The Kier molecular flexibility index (Phi) is 8.28. The van der Waals surface area contributed by atoms with Crippen LogP contribution in [0.4, 0.5) is 0 Å². The first-order valence-corrected chi connectivity index (χ1v) is 23.0. The van der Waals surface area contributed by atoms with Crippen molar-refractivity contribution in [3.8, 4) is 61.3 Å². The monoisotopic (exact) mass is 831 g/mol. The maximum atomic E-state index is 2.43. The number of para-hydroxylation sites is 2. The van der Waals surface area contributed by atoms with E-state index in [1.807, 2.05) is 11.3 Å². The average Bonchev–Trinajstić information content (AvgIpc) is 3.88. The summed E-state index contributed by atoms with van der Waals surface area (Å²) >= 11 is 1.87. The first kappa shape index (κ1) is 36.8. The quantitative estimate of drug-likeness (QED) is 0.163. The molecular weight excluding hydrogens is 791 g/mol. The Balaban J connectivity index is 0.884. The molecule has 0 spiro atoms. The summed E-state index contributed by atoms with van der Waals surface area (Å²) in [4.78, 5) is 0. The molecule has 12 aromatic rings. The van der Waals surface area contributed by atoms with Gasteiger partial charge in [-0.15, -0.1) is 11.3 Å². The first-order valence-electron chi connectivity index (χ1n) is 22.2. The van der Waals surface area contributed by atoms with Crippen LogP contribution in [0.2, 0.25) is 0 Å². The molecule has 300 valence electrons. The van der Waals surface area contributed by atoms with Crippen LogP contribution in [-0.2, 0) is 5.41 Å². The molecule has 2 aromatic heterocycles. The van der Waals surface area contributed by atoms with Crippen molar-refractivity contribution in [2.45, 2.75) is 12.3 Å². The molecule has 0 bridgehead atoms. The van der Waals surface area contributed by atoms with Crippen LogP contribution in [-0.4, -0.2) is 4.57 Å². The Morgan fingerprint density at radius 3 is 1.36 bits per heavy atom. The van der Waals surface area contributed by atoms with Crippen molar-refractivity contribution in [3.63, 3.8) is 0 Å². The van der Waals surface area contributed by atoms with Gasteiger partial charge in [-0.1, -0.05) is 176 Å². The van der Waals surface area contributed by atoms with Crippen LogP contribution >= 0.6 is 11.3 Å². The number of rotatable bonds is 5. The number of fused-ring (bicyclic) bond motifs is 11. The molecule has 0 N–H and O–H groups in total. The highest BCUT2D eigenvalue weighted by Crippen LogP contribution is 2.53. The third kappa shape index (κ3) is 5.56. The van der Waals surface area contributed by atoms with Crippen LogP contribution in [0.5, 0.6) is 0 Å². The van der Waals surface area contributed by atoms with E-state index in [1.54, 1.807) is 0 Å². The second-order valence-electron chi connectivity index (χ2n) is 17.3. The second kappa shape index (κ2) is 14.4. The van der Waals surface area contributed by atoms with Gasteiger partial charge in [0.05, 0.1) is 11.0 Å². The zero-order chi connectivity index (χ0) is 42.4. The van der Waals surface area contributed by atoms with Gasteiger partial charge in [-0.3, -0.25) is 0 Å². The van der Waals surface area contributed by atoms with E-state index in [0.717, 1.165) is 0 Å². The number of hydrogen-bond acceptors (Lipinski definition) is 1. The standard InChI is InChI=1S/C62H41NS/c1-62(56-24-12-8-20-49(56)47-18-5-6-19-48(47)50-21-9-13-25-57(50)62)55-23-11-7-17-46(55)41-29-27-40(28-30-41)42-32-35-60-53(38-42)54-39-44(33-36-61(54)64-60)43-31-34-59-52(37-43)51-22-10-14-26-58(51)63(59)45-15-3-2-4-16-45/h2-39H,1H3. The summed E-state index contributed by atoms with van der Waals surface area (Å²) in [6.45, 7) is 2.43. The van der Waals surface area contributed by atoms with E-state index in [1.165, 1.54) is 120 Å². The normalized spacial score (nSPS) is 12.9. The summed E-state index contributed by atoms with van der Waals surface area (Å²) in [5.41, 5.74) is 19.7. The highest BCUT2D eigenvalue weighted by atomic mass is 32.1. The molecule has 13 rings (SSSR count). The van der Waals surface area contributed by atoms with E-state index >= 15 is 0 Å². The Labute approximate surface area is 376 Å². The molecule has 64 heavy (non-hydrogen) atoms. The molecule has 0 fully saturated rings. The van der Waals surface area contributed by atoms with Gasteiger partial charge in [0.15, 0.2) is 0 Å². The predicted molar refractivity (Wildman–Crippen MR) is 273 cm³/mol. The third-order valence-electron chi connectivity index (χ3n) is 13.9. The minimum atomic E-state index is -0.405. The zero-order valence-corrected chi connectivity index (χ0v) is 36.1. The van der Waals surface area contributed by atoms with Gasteiger partial charge in [-0.25, -0.2) is 0 Å². The molecule has 2 heterocycles. The number of nitrogens with zero attached hydrogens (tertiary/aromatic N) is 1. The van der Waals surface area contributed by atoms with Gasteiger partial charge < -0.3 is 4.57 Å². The van der Waals surface area contributed by atoms with Gasteiger partial charge in [0.2, 0.25) is 0 Å². The van der Waals surface area contributed by atoms with Crippen molar-refractivity contribution in [3.05, 3.63) is 247 Å². The fourth-order valence-corrected chi connectivity index (χ4v) is 11.9. The van der Waals surface area contributed by atoms with Crippen LogP contribution in [0.1, 0.15) is 23.6 Å².